The lowest BCUT2D eigenvalue weighted by Crippen LogP contribution is -2.28. The maximum Gasteiger partial charge on any atom is 0.236 e. The van der Waals surface area contributed by atoms with Crippen LogP contribution in [-0.2, 0) is 10.2 Å². The van der Waals surface area contributed by atoms with Crippen molar-refractivity contribution in [2.75, 3.05) is 26.6 Å². The first-order chi connectivity index (χ1) is 14.1. The monoisotopic (exact) mass is 394 g/mol. The van der Waals surface area contributed by atoms with Crippen molar-refractivity contribution in [3.8, 4) is 28.6 Å². The Balaban J connectivity index is 1.57. The summed E-state index contributed by atoms with van der Waals surface area (Å²) in [6.07, 6.45) is 1.42. The van der Waals surface area contributed by atoms with E-state index in [0.717, 1.165) is 11.3 Å². The molecule has 7 heteroatoms. The molecule has 3 aromatic rings. The van der Waals surface area contributed by atoms with Gasteiger partial charge in [-0.2, -0.15) is 0 Å². The molecule has 0 atom stereocenters. The number of hydrogen-bond donors (Lipinski definition) is 1. The summed E-state index contributed by atoms with van der Waals surface area (Å²) in [7, 11) is 4.74. The molecule has 150 valence electrons. The number of amides is 1. The molecule has 0 radical (unpaired) electrons. The van der Waals surface area contributed by atoms with E-state index < -0.39 is 5.41 Å². The molecule has 1 aliphatic rings. The Bertz CT molecular complexity index is 1040. The molecule has 0 bridgehead atoms. The molecular formula is C22H22N2O5. The van der Waals surface area contributed by atoms with E-state index in [1.54, 1.807) is 39.5 Å². The van der Waals surface area contributed by atoms with Gasteiger partial charge in [0.15, 0.2) is 5.76 Å². The Labute approximate surface area is 168 Å². The lowest BCUT2D eigenvalue weighted by atomic mass is 10.00. The number of nitrogens with one attached hydrogen (secondary N) is 1. The fourth-order valence-electron chi connectivity index (χ4n) is 3.28. The smallest absolute Gasteiger partial charge is 0.236 e. The van der Waals surface area contributed by atoms with Crippen molar-refractivity contribution in [2.45, 2.75) is 18.3 Å². The third-order valence-corrected chi connectivity index (χ3v) is 5.20. The number of carbonyl (C=O) groups is 1. The number of ether oxygens (including phenoxy) is 3. The summed E-state index contributed by atoms with van der Waals surface area (Å²) in [6, 6.07) is 14.6. The summed E-state index contributed by atoms with van der Waals surface area (Å²) in [4.78, 5) is 13.1. The van der Waals surface area contributed by atoms with E-state index in [9.17, 15) is 4.79 Å². The molecule has 2 aromatic carbocycles. The van der Waals surface area contributed by atoms with E-state index in [-0.39, 0.29) is 5.91 Å². The Morgan fingerprint density at radius 3 is 2.45 bits per heavy atom. The van der Waals surface area contributed by atoms with Crippen molar-refractivity contribution in [1.29, 1.82) is 0 Å². The van der Waals surface area contributed by atoms with Crippen molar-refractivity contribution in [2.24, 2.45) is 0 Å². The summed E-state index contributed by atoms with van der Waals surface area (Å²) in [5.41, 5.74) is 1.36. The highest BCUT2D eigenvalue weighted by molar-refractivity contribution is 6.02. The van der Waals surface area contributed by atoms with Gasteiger partial charge in [-0.1, -0.05) is 17.3 Å². The standard InChI is InChI=1S/C22H22N2O5/c1-26-15-6-4-5-14(11-15)18-13-20(24-29-18)22(9-10-22)21(25)23-17-8-7-16(27-2)12-19(17)28-3/h4-8,11-13H,9-10H2,1-3H3,(H,23,25). The van der Waals surface area contributed by atoms with Crippen LogP contribution in [-0.4, -0.2) is 32.4 Å². The van der Waals surface area contributed by atoms with Gasteiger partial charge in [0.05, 0.1) is 38.1 Å². The molecule has 0 saturated heterocycles. The maximum atomic E-state index is 13.1. The summed E-state index contributed by atoms with van der Waals surface area (Å²) < 4.78 is 21.4. The van der Waals surface area contributed by atoms with Crippen molar-refractivity contribution >= 4 is 11.6 Å². The molecule has 1 saturated carbocycles. The van der Waals surface area contributed by atoms with E-state index >= 15 is 0 Å². The fraction of sp³-hybridized carbons (Fsp3) is 0.273. The third kappa shape index (κ3) is 3.51. The van der Waals surface area contributed by atoms with E-state index in [1.807, 2.05) is 30.3 Å². The molecule has 7 nitrogen and oxygen atoms in total. The molecule has 0 aliphatic heterocycles. The zero-order valence-electron chi connectivity index (χ0n) is 16.5. The van der Waals surface area contributed by atoms with Gasteiger partial charge in [0.1, 0.15) is 17.2 Å². The van der Waals surface area contributed by atoms with Gasteiger partial charge in [-0.25, -0.2) is 0 Å². The first-order valence-corrected chi connectivity index (χ1v) is 9.25. The van der Waals surface area contributed by atoms with Crippen LogP contribution in [0, 0.1) is 0 Å². The van der Waals surface area contributed by atoms with Crippen LogP contribution in [0.4, 0.5) is 5.69 Å². The summed E-state index contributed by atoms with van der Waals surface area (Å²) >= 11 is 0. The van der Waals surface area contributed by atoms with Crippen LogP contribution in [0.5, 0.6) is 17.2 Å². The molecule has 4 rings (SSSR count). The van der Waals surface area contributed by atoms with E-state index in [1.165, 1.54) is 0 Å². The largest absolute Gasteiger partial charge is 0.497 e. The second-order valence-electron chi connectivity index (χ2n) is 6.91. The second-order valence-corrected chi connectivity index (χ2v) is 6.91. The van der Waals surface area contributed by atoms with Gasteiger partial charge in [-0.05, 0) is 37.1 Å². The zero-order valence-corrected chi connectivity index (χ0v) is 16.5. The van der Waals surface area contributed by atoms with Gasteiger partial charge >= 0.3 is 0 Å². The van der Waals surface area contributed by atoms with Crippen LogP contribution in [0.3, 0.4) is 0 Å². The zero-order chi connectivity index (χ0) is 20.4. The average molecular weight is 394 g/mol. The van der Waals surface area contributed by atoms with Gasteiger partial charge < -0.3 is 24.1 Å². The number of carbonyl (C=O) groups excluding carboxylic acids is 1. The minimum atomic E-state index is -0.689. The molecule has 1 aromatic heterocycles. The Morgan fingerprint density at radius 1 is 1.00 bits per heavy atom. The molecule has 0 unspecified atom stereocenters. The molecule has 1 amide bonds. The number of benzene rings is 2. The first-order valence-electron chi connectivity index (χ1n) is 9.25. The van der Waals surface area contributed by atoms with Crippen LogP contribution in [0.1, 0.15) is 18.5 Å². The highest BCUT2D eigenvalue weighted by Crippen LogP contribution is 2.49. The molecule has 1 heterocycles. The van der Waals surface area contributed by atoms with Gasteiger partial charge in [-0.15, -0.1) is 0 Å². The van der Waals surface area contributed by atoms with Crippen molar-refractivity contribution < 1.29 is 23.5 Å². The second kappa shape index (κ2) is 7.50. The summed E-state index contributed by atoms with van der Waals surface area (Å²) in [5, 5.41) is 7.15. The first kappa shape index (κ1) is 18.9. The van der Waals surface area contributed by atoms with Crippen LogP contribution in [0.2, 0.25) is 0 Å². The molecule has 1 N–H and O–H groups in total. The van der Waals surface area contributed by atoms with Crippen molar-refractivity contribution in [1.82, 2.24) is 5.16 Å². The maximum absolute atomic E-state index is 13.1. The number of anilines is 1. The Kier molecular flexibility index (Phi) is 4.88. The normalized spacial score (nSPS) is 14.2. The van der Waals surface area contributed by atoms with Crippen LogP contribution in [0.15, 0.2) is 53.1 Å². The average Bonchev–Trinajstić information content (AvgIpc) is 3.43. The number of aromatic nitrogens is 1. The van der Waals surface area contributed by atoms with Crippen LogP contribution >= 0.6 is 0 Å². The van der Waals surface area contributed by atoms with Crippen molar-refractivity contribution in [3.63, 3.8) is 0 Å². The van der Waals surface area contributed by atoms with Gasteiger partial charge in [0.2, 0.25) is 5.91 Å². The van der Waals surface area contributed by atoms with Gasteiger partial charge in [-0.3, -0.25) is 4.79 Å². The number of rotatable bonds is 7. The minimum absolute atomic E-state index is 0.133. The number of methoxy groups -OCH3 is 3. The molecule has 1 fully saturated rings. The van der Waals surface area contributed by atoms with Crippen LogP contribution in [0.25, 0.3) is 11.3 Å². The lowest BCUT2D eigenvalue weighted by molar-refractivity contribution is -0.118. The fourth-order valence-corrected chi connectivity index (χ4v) is 3.28. The minimum Gasteiger partial charge on any atom is -0.497 e. The quantitative estimate of drug-likeness (QED) is 0.651. The molecular weight excluding hydrogens is 372 g/mol. The summed E-state index contributed by atoms with van der Waals surface area (Å²) in [5.74, 6) is 2.38. The van der Waals surface area contributed by atoms with E-state index in [4.69, 9.17) is 18.7 Å². The SMILES string of the molecule is COc1cccc(-c2cc(C3(C(=O)Nc4ccc(OC)cc4OC)CC3)no2)c1. The number of hydrogen-bond acceptors (Lipinski definition) is 6. The Hall–Kier alpha value is -3.48. The molecule has 1 aliphatic carbocycles. The van der Waals surface area contributed by atoms with Gasteiger partial charge in [0, 0.05) is 17.7 Å². The van der Waals surface area contributed by atoms with Crippen molar-refractivity contribution in [3.05, 3.63) is 54.2 Å². The van der Waals surface area contributed by atoms with E-state index in [2.05, 4.69) is 10.5 Å². The lowest BCUT2D eigenvalue weighted by Gasteiger charge is -2.15. The summed E-state index contributed by atoms with van der Waals surface area (Å²) in [6.45, 7) is 0. The molecule has 0 spiro atoms. The number of nitrogens with zero attached hydrogens (tertiary/aromatic N) is 1. The Morgan fingerprint density at radius 2 is 1.76 bits per heavy atom. The highest BCUT2D eigenvalue weighted by atomic mass is 16.5. The predicted molar refractivity (Wildman–Crippen MR) is 108 cm³/mol. The topological polar surface area (TPSA) is 82.8 Å². The third-order valence-electron chi connectivity index (χ3n) is 5.20. The van der Waals surface area contributed by atoms with E-state index in [0.29, 0.717) is 41.5 Å². The highest BCUT2D eigenvalue weighted by Gasteiger charge is 2.54. The predicted octanol–water partition coefficient (Wildman–Crippen LogP) is 4.04. The van der Waals surface area contributed by atoms with Gasteiger partial charge in [0.25, 0.3) is 0 Å². The van der Waals surface area contributed by atoms with Crippen LogP contribution < -0.4 is 19.5 Å². The molecule has 29 heavy (non-hydrogen) atoms.